The zero-order valence-electron chi connectivity index (χ0n) is 15.7. The van der Waals surface area contributed by atoms with Crippen LogP contribution in [0, 0.1) is 11.8 Å². The number of hydrogen-bond donors (Lipinski definition) is 1. The smallest absolute Gasteiger partial charge is 0.274 e. The summed E-state index contributed by atoms with van der Waals surface area (Å²) >= 11 is 0. The number of carboxylic acid groups (broad SMARTS) is 1. The van der Waals surface area contributed by atoms with Crippen molar-refractivity contribution in [2.75, 3.05) is 18.4 Å². The molecule has 2 fully saturated rings. The van der Waals surface area contributed by atoms with Crippen molar-refractivity contribution in [1.29, 1.82) is 0 Å². The third kappa shape index (κ3) is 3.43. The van der Waals surface area contributed by atoms with Gasteiger partial charge in [0.25, 0.3) is 11.5 Å². The predicted octanol–water partition coefficient (Wildman–Crippen LogP) is 0.0627. The van der Waals surface area contributed by atoms with Gasteiger partial charge >= 0.3 is 0 Å². The van der Waals surface area contributed by atoms with Gasteiger partial charge in [-0.2, -0.15) is 0 Å². The second kappa shape index (κ2) is 7.41. The number of hydrogen-bond acceptors (Lipinski definition) is 5. The lowest BCUT2D eigenvalue weighted by Gasteiger charge is -2.43. The standard InChI is InChI=1S/C20H25N3O5/c24-17(13-4-2-1-3-5-13)21-15-6-7-16-14-8-12(10-23(16)18(15)25)9-22(11-14)19(26)20(27)28/h6-7,12-14H,1-5,8-11H2,(H,21,24)(H,27,28)/p-1/t12-,14+/m0/s1. The molecule has 1 aromatic rings. The number of fused-ring (bicyclic) bond motifs is 4. The Morgan fingerprint density at radius 1 is 1.04 bits per heavy atom. The molecule has 3 heterocycles. The molecule has 1 saturated heterocycles. The summed E-state index contributed by atoms with van der Waals surface area (Å²) in [6, 6.07) is 3.44. The number of piperidine rings is 1. The van der Waals surface area contributed by atoms with Crippen LogP contribution < -0.4 is 16.0 Å². The molecule has 150 valence electrons. The lowest BCUT2D eigenvalue weighted by Crippen LogP contribution is -2.53. The average molecular weight is 386 g/mol. The van der Waals surface area contributed by atoms with Gasteiger partial charge in [0.1, 0.15) is 11.7 Å². The first-order valence-electron chi connectivity index (χ1n) is 9.99. The fraction of sp³-hybridized carbons (Fsp3) is 0.600. The van der Waals surface area contributed by atoms with E-state index < -0.39 is 11.9 Å². The third-order valence-corrected chi connectivity index (χ3v) is 6.30. The Balaban J connectivity index is 1.54. The number of nitrogens with one attached hydrogen (secondary N) is 1. The molecule has 1 aliphatic carbocycles. The molecule has 1 N–H and O–H groups in total. The summed E-state index contributed by atoms with van der Waals surface area (Å²) < 4.78 is 1.68. The number of anilines is 1. The maximum atomic E-state index is 13.0. The fourth-order valence-corrected chi connectivity index (χ4v) is 4.94. The highest BCUT2D eigenvalue weighted by Crippen LogP contribution is 2.35. The molecule has 1 aromatic heterocycles. The second-order valence-corrected chi connectivity index (χ2v) is 8.21. The maximum Gasteiger partial charge on any atom is 0.274 e. The lowest BCUT2D eigenvalue weighted by atomic mass is 9.83. The number of aliphatic carboxylic acids is 1. The van der Waals surface area contributed by atoms with Crippen molar-refractivity contribution in [3.05, 3.63) is 28.2 Å². The van der Waals surface area contributed by atoms with Gasteiger partial charge in [-0.25, -0.2) is 0 Å². The fourth-order valence-electron chi connectivity index (χ4n) is 4.94. The van der Waals surface area contributed by atoms with Crippen LogP contribution in [0.15, 0.2) is 16.9 Å². The Kier molecular flexibility index (Phi) is 4.95. The minimum absolute atomic E-state index is 0.0107. The summed E-state index contributed by atoms with van der Waals surface area (Å²) in [4.78, 5) is 49.4. The van der Waals surface area contributed by atoms with Crippen LogP contribution in [0.5, 0.6) is 0 Å². The molecule has 0 unspecified atom stereocenters. The first-order chi connectivity index (χ1) is 13.4. The minimum Gasteiger partial charge on any atom is -0.540 e. The van der Waals surface area contributed by atoms with E-state index in [0.717, 1.165) is 44.2 Å². The summed E-state index contributed by atoms with van der Waals surface area (Å²) in [6.45, 7) is 0.971. The molecule has 8 nitrogen and oxygen atoms in total. The Morgan fingerprint density at radius 2 is 1.79 bits per heavy atom. The molecule has 1 saturated carbocycles. The molecule has 28 heavy (non-hydrogen) atoms. The van der Waals surface area contributed by atoms with E-state index in [1.54, 1.807) is 10.6 Å². The number of carboxylic acids is 1. The Labute approximate surface area is 162 Å². The number of amides is 2. The Bertz CT molecular complexity index is 871. The molecule has 0 radical (unpaired) electrons. The van der Waals surface area contributed by atoms with Crippen molar-refractivity contribution >= 4 is 23.5 Å². The van der Waals surface area contributed by atoms with Crippen molar-refractivity contribution in [2.24, 2.45) is 11.8 Å². The molecule has 2 atom stereocenters. The van der Waals surface area contributed by atoms with Crippen LogP contribution in [-0.4, -0.2) is 40.3 Å². The van der Waals surface area contributed by atoms with Gasteiger partial charge < -0.3 is 24.7 Å². The third-order valence-electron chi connectivity index (χ3n) is 6.30. The number of likely N-dealkylation sites (tertiary alicyclic amines) is 1. The van der Waals surface area contributed by atoms with E-state index in [9.17, 15) is 24.3 Å². The summed E-state index contributed by atoms with van der Waals surface area (Å²) in [6.07, 6.45) is 5.79. The minimum atomic E-state index is -1.70. The molecule has 2 aliphatic heterocycles. The average Bonchev–Trinajstić information content (AvgIpc) is 2.70. The quantitative estimate of drug-likeness (QED) is 0.723. The summed E-state index contributed by atoms with van der Waals surface area (Å²) in [5, 5.41) is 13.7. The number of carbonyl (C=O) groups is 3. The van der Waals surface area contributed by atoms with Gasteiger partial charge in [0, 0.05) is 37.2 Å². The first kappa shape index (κ1) is 18.7. The molecule has 3 aliphatic rings. The zero-order valence-corrected chi connectivity index (χ0v) is 15.7. The normalized spacial score (nSPS) is 24.4. The molecule has 4 rings (SSSR count). The molecule has 0 spiro atoms. The van der Waals surface area contributed by atoms with Gasteiger partial charge in [-0.1, -0.05) is 19.3 Å². The molecule has 0 aromatic carbocycles. The molecule has 2 amide bonds. The van der Waals surface area contributed by atoms with Gasteiger partial charge in [-0.3, -0.25) is 14.4 Å². The number of pyridine rings is 1. The predicted molar refractivity (Wildman–Crippen MR) is 98.3 cm³/mol. The molecule has 8 heteroatoms. The van der Waals surface area contributed by atoms with Crippen LogP contribution in [-0.2, 0) is 20.9 Å². The van der Waals surface area contributed by atoms with Crippen LogP contribution in [0.2, 0.25) is 0 Å². The maximum absolute atomic E-state index is 13.0. The number of rotatable bonds is 2. The highest BCUT2D eigenvalue weighted by Gasteiger charge is 2.37. The number of carbonyl (C=O) groups excluding carboxylic acids is 3. The van der Waals surface area contributed by atoms with Crippen molar-refractivity contribution in [3.63, 3.8) is 0 Å². The number of aromatic nitrogens is 1. The molecule has 2 bridgehead atoms. The highest BCUT2D eigenvalue weighted by molar-refractivity contribution is 6.30. The number of nitrogens with zero attached hydrogens (tertiary/aromatic N) is 2. The van der Waals surface area contributed by atoms with Crippen LogP contribution in [0.1, 0.15) is 50.1 Å². The van der Waals surface area contributed by atoms with Crippen LogP contribution in [0.25, 0.3) is 0 Å². The van der Waals surface area contributed by atoms with E-state index in [2.05, 4.69) is 5.32 Å². The zero-order chi connectivity index (χ0) is 19.8. The van der Waals surface area contributed by atoms with Gasteiger partial charge in [0.2, 0.25) is 5.91 Å². The monoisotopic (exact) mass is 386 g/mol. The van der Waals surface area contributed by atoms with E-state index >= 15 is 0 Å². The lowest BCUT2D eigenvalue weighted by molar-refractivity contribution is -0.302. The van der Waals surface area contributed by atoms with E-state index in [-0.39, 0.29) is 35.8 Å². The van der Waals surface area contributed by atoms with Crippen molar-refractivity contribution in [2.45, 2.75) is 51.0 Å². The van der Waals surface area contributed by atoms with Gasteiger partial charge in [0.05, 0.1) is 0 Å². The molecular weight excluding hydrogens is 362 g/mol. The van der Waals surface area contributed by atoms with Gasteiger partial charge in [0.15, 0.2) is 0 Å². The van der Waals surface area contributed by atoms with Gasteiger partial charge in [-0.05, 0) is 37.3 Å². The van der Waals surface area contributed by atoms with Crippen LogP contribution >= 0.6 is 0 Å². The van der Waals surface area contributed by atoms with Gasteiger partial charge in [-0.15, -0.1) is 0 Å². The van der Waals surface area contributed by atoms with E-state index in [1.807, 2.05) is 6.07 Å². The Morgan fingerprint density at radius 3 is 2.50 bits per heavy atom. The second-order valence-electron chi connectivity index (χ2n) is 8.21. The van der Waals surface area contributed by atoms with Crippen molar-refractivity contribution < 1.29 is 19.5 Å². The van der Waals surface area contributed by atoms with E-state index in [4.69, 9.17) is 0 Å². The topological polar surface area (TPSA) is 112 Å². The van der Waals surface area contributed by atoms with Crippen LogP contribution in [0.4, 0.5) is 5.69 Å². The van der Waals surface area contributed by atoms with E-state index in [0.29, 0.717) is 18.8 Å². The summed E-state index contributed by atoms with van der Waals surface area (Å²) in [5.74, 6) is -2.89. The Hall–Kier alpha value is -2.64. The summed E-state index contributed by atoms with van der Waals surface area (Å²) in [7, 11) is 0. The van der Waals surface area contributed by atoms with Crippen LogP contribution in [0.3, 0.4) is 0 Å². The van der Waals surface area contributed by atoms with Crippen molar-refractivity contribution in [1.82, 2.24) is 9.47 Å². The highest BCUT2D eigenvalue weighted by atomic mass is 16.4. The summed E-state index contributed by atoms with van der Waals surface area (Å²) in [5.41, 5.74) is 0.853. The SMILES string of the molecule is O=C([O-])C(=O)N1C[C@@H]2C[C@H](C1)c1ccc(NC(=O)C3CCCCC3)c(=O)n1C2. The first-order valence-corrected chi connectivity index (χ1v) is 9.99. The van der Waals surface area contributed by atoms with Crippen molar-refractivity contribution in [3.8, 4) is 0 Å². The van der Waals surface area contributed by atoms with E-state index in [1.165, 1.54) is 4.90 Å². The molecular formula is C20H24N3O5-. The largest absolute Gasteiger partial charge is 0.540 e.